The molecule has 20 heavy (non-hydrogen) atoms. The summed E-state index contributed by atoms with van der Waals surface area (Å²) in [6.45, 7) is 4.00. The van der Waals surface area contributed by atoms with E-state index in [0.29, 0.717) is 0 Å². The minimum Gasteiger partial charge on any atom is -0.398 e. The highest BCUT2D eigenvalue weighted by Gasteiger charge is 2.07. The van der Waals surface area contributed by atoms with Crippen LogP contribution in [0.5, 0.6) is 0 Å². The van der Waals surface area contributed by atoms with Crippen LogP contribution in [0.2, 0.25) is 0 Å². The lowest BCUT2D eigenvalue weighted by atomic mass is 9.95. The van der Waals surface area contributed by atoms with Crippen molar-refractivity contribution in [1.82, 2.24) is 0 Å². The maximum atomic E-state index is 6.10. The van der Waals surface area contributed by atoms with Crippen molar-refractivity contribution in [3.63, 3.8) is 0 Å². The molecule has 4 bridgehead atoms. The number of benzene rings is 2. The summed E-state index contributed by atoms with van der Waals surface area (Å²) in [6, 6.07) is 13.0. The fraction of sp³-hybridized carbons (Fsp3) is 0.333. The fourth-order valence-electron chi connectivity index (χ4n) is 2.61. The Bertz CT molecular complexity index is 534. The molecule has 2 nitrogen and oxygen atoms in total. The van der Waals surface area contributed by atoms with Gasteiger partial charge in [0, 0.05) is 11.4 Å². The summed E-state index contributed by atoms with van der Waals surface area (Å²) < 4.78 is 0. The van der Waals surface area contributed by atoms with Gasteiger partial charge in [-0.2, -0.15) is 0 Å². The highest BCUT2D eigenvalue weighted by atomic mass is 14.6. The molecule has 0 saturated carbocycles. The molecule has 0 saturated heterocycles. The summed E-state index contributed by atoms with van der Waals surface area (Å²) in [6.07, 6.45) is 3.94. The molecule has 0 fully saturated rings. The Morgan fingerprint density at radius 1 is 0.650 bits per heavy atom. The lowest BCUT2D eigenvalue weighted by Crippen LogP contribution is -2.04. The van der Waals surface area contributed by atoms with E-state index in [-0.39, 0.29) is 0 Å². The molecule has 0 amide bonds. The topological polar surface area (TPSA) is 52.0 Å². The van der Waals surface area contributed by atoms with Crippen molar-refractivity contribution in [3.05, 3.63) is 58.7 Å². The summed E-state index contributed by atoms with van der Waals surface area (Å²) in [5.74, 6) is 0. The Morgan fingerprint density at radius 2 is 1.05 bits per heavy atom. The van der Waals surface area contributed by atoms with E-state index in [1.54, 1.807) is 0 Å². The van der Waals surface area contributed by atoms with Crippen LogP contribution >= 0.6 is 0 Å². The summed E-state index contributed by atoms with van der Waals surface area (Å²) in [4.78, 5) is 0. The van der Waals surface area contributed by atoms with E-state index in [9.17, 15) is 0 Å². The van der Waals surface area contributed by atoms with Gasteiger partial charge in [0.05, 0.1) is 0 Å². The van der Waals surface area contributed by atoms with Crippen molar-refractivity contribution in [1.29, 1.82) is 0 Å². The Labute approximate surface area is 121 Å². The Kier molecular flexibility index (Phi) is 4.67. The van der Waals surface area contributed by atoms with E-state index in [1.165, 1.54) is 22.3 Å². The summed E-state index contributed by atoms with van der Waals surface area (Å²) >= 11 is 0. The van der Waals surface area contributed by atoms with Crippen molar-refractivity contribution >= 4 is 11.4 Å². The molecule has 0 heterocycles. The lowest BCUT2D eigenvalue weighted by Gasteiger charge is -2.13. The smallest absolute Gasteiger partial charge is 0.0349 e. The number of hydrogen-bond acceptors (Lipinski definition) is 2. The van der Waals surface area contributed by atoms with Crippen molar-refractivity contribution < 1.29 is 0 Å². The Hall–Kier alpha value is -1.96. The van der Waals surface area contributed by atoms with Gasteiger partial charge in [-0.15, -0.1) is 0 Å². The van der Waals surface area contributed by atoms with E-state index < -0.39 is 0 Å². The molecule has 0 aliphatic heterocycles. The third-order valence-corrected chi connectivity index (χ3v) is 3.79. The quantitative estimate of drug-likeness (QED) is 0.715. The molecule has 2 heteroatoms. The largest absolute Gasteiger partial charge is 0.398 e. The maximum Gasteiger partial charge on any atom is 0.0349 e. The van der Waals surface area contributed by atoms with Crippen LogP contribution in [0.1, 0.15) is 36.1 Å². The maximum absolute atomic E-state index is 6.10. The molecule has 4 aliphatic rings. The van der Waals surface area contributed by atoms with E-state index in [2.05, 4.69) is 36.4 Å². The molecule has 0 atom stereocenters. The van der Waals surface area contributed by atoms with E-state index >= 15 is 0 Å². The van der Waals surface area contributed by atoms with Crippen LogP contribution in [0.3, 0.4) is 0 Å². The molecule has 2 aromatic carbocycles. The molecule has 0 unspecified atom stereocenters. The summed E-state index contributed by atoms with van der Waals surface area (Å²) in [5.41, 5.74) is 19.1. The number of aryl methyl sites for hydroxylation is 4. The Balaban J connectivity index is 0.000000704. The van der Waals surface area contributed by atoms with Crippen LogP contribution < -0.4 is 11.5 Å². The van der Waals surface area contributed by atoms with Gasteiger partial charge in [-0.25, -0.2) is 0 Å². The standard InChI is InChI=1S/C16H18N2.C2H6/c17-15-9-11-1-2-12-4-6-14(16(18)10-12)8-7-13(15)5-3-11;1-2/h3-6,9-10H,1-2,7-8,17-18H2;1-2H3. The molecule has 0 radical (unpaired) electrons. The molecule has 4 N–H and O–H groups in total. The van der Waals surface area contributed by atoms with Crippen molar-refractivity contribution in [2.24, 2.45) is 0 Å². The van der Waals surface area contributed by atoms with Crippen molar-refractivity contribution in [3.8, 4) is 0 Å². The van der Waals surface area contributed by atoms with Gasteiger partial charge in [-0.1, -0.05) is 38.1 Å². The summed E-state index contributed by atoms with van der Waals surface area (Å²) in [7, 11) is 0. The second kappa shape index (κ2) is 6.47. The first-order chi connectivity index (χ1) is 9.72. The van der Waals surface area contributed by atoms with Gasteiger partial charge in [0.15, 0.2) is 0 Å². The van der Waals surface area contributed by atoms with E-state index in [1.807, 2.05) is 13.8 Å². The van der Waals surface area contributed by atoms with Crippen LogP contribution in [0.15, 0.2) is 36.4 Å². The van der Waals surface area contributed by atoms with Gasteiger partial charge in [0.25, 0.3) is 0 Å². The minimum atomic E-state index is 0.918. The minimum absolute atomic E-state index is 0.918. The number of anilines is 2. The van der Waals surface area contributed by atoms with Gasteiger partial charge in [-0.05, 0) is 60.1 Å². The molecule has 0 spiro atoms. The van der Waals surface area contributed by atoms with Crippen LogP contribution in [0.25, 0.3) is 0 Å². The SMILES string of the molecule is CC.Nc1cc2ccc1CCc1ccc(cc1N)CC2. The van der Waals surface area contributed by atoms with Crippen LogP contribution in [0, 0.1) is 0 Å². The van der Waals surface area contributed by atoms with Gasteiger partial charge >= 0.3 is 0 Å². The lowest BCUT2D eigenvalue weighted by molar-refractivity contribution is 0.926. The van der Waals surface area contributed by atoms with Crippen molar-refractivity contribution in [2.45, 2.75) is 39.5 Å². The normalized spacial score (nSPS) is 13.1. The molecular weight excluding hydrogens is 244 g/mol. The first-order valence-electron chi connectivity index (χ1n) is 7.47. The fourth-order valence-corrected chi connectivity index (χ4v) is 2.61. The molecule has 6 rings (SSSR count). The third kappa shape index (κ3) is 3.13. The molecule has 0 aromatic heterocycles. The first-order valence-corrected chi connectivity index (χ1v) is 7.47. The average molecular weight is 268 g/mol. The predicted octanol–water partition coefficient (Wildman–Crippen LogP) is 3.76. The van der Waals surface area contributed by atoms with Crippen molar-refractivity contribution in [2.75, 3.05) is 11.5 Å². The molecule has 106 valence electrons. The highest BCUT2D eigenvalue weighted by molar-refractivity contribution is 5.53. The van der Waals surface area contributed by atoms with Crippen LogP contribution in [0.4, 0.5) is 11.4 Å². The van der Waals surface area contributed by atoms with Gasteiger partial charge in [-0.3, -0.25) is 0 Å². The molecule has 4 aliphatic carbocycles. The van der Waals surface area contributed by atoms with Gasteiger partial charge < -0.3 is 11.5 Å². The highest BCUT2D eigenvalue weighted by Crippen LogP contribution is 2.23. The number of nitrogens with two attached hydrogens (primary N) is 2. The third-order valence-electron chi connectivity index (χ3n) is 3.79. The number of nitrogen functional groups attached to an aromatic ring is 2. The number of hydrogen-bond donors (Lipinski definition) is 2. The zero-order valence-electron chi connectivity index (χ0n) is 12.4. The number of rotatable bonds is 0. The van der Waals surface area contributed by atoms with Crippen LogP contribution in [-0.2, 0) is 25.7 Å². The molecule has 2 aromatic rings. The van der Waals surface area contributed by atoms with Crippen LogP contribution in [-0.4, -0.2) is 0 Å². The summed E-state index contributed by atoms with van der Waals surface area (Å²) in [5, 5.41) is 0. The average Bonchev–Trinajstić information content (AvgIpc) is 2.45. The monoisotopic (exact) mass is 268 g/mol. The predicted molar refractivity (Wildman–Crippen MR) is 87.9 cm³/mol. The molecular formula is C18H24N2. The first kappa shape index (κ1) is 14.4. The zero-order valence-corrected chi connectivity index (χ0v) is 12.4. The van der Waals surface area contributed by atoms with Gasteiger partial charge in [0.1, 0.15) is 0 Å². The zero-order chi connectivity index (χ0) is 14.5. The van der Waals surface area contributed by atoms with Gasteiger partial charge in [0.2, 0.25) is 0 Å². The Morgan fingerprint density at radius 3 is 1.40 bits per heavy atom. The second-order valence-electron chi connectivity index (χ2n) is 5.07. The second-order valence-corrected chi connectivity index (χ2v) is 5.07. The van der Waals surface area contributed by atoms with E-state index in [0.717, 1.165) is 37.1 Å². The van der Waals surface area contributed by atoms with E-state index in [4.69, 9.17) is 11.5 Å².